The highest BCUT2D eigenvalue weighted by molar-refractivity contribution is 7.80. The summed E-state index contributed by atoms with van der Waals surface area (Å²) in [7, 11) is 1.54. The minimum atomic E-state index is -2.86. The number of thiocarbonyl (C=S) groups is 1. The summed E-state index contributed by atoms with van der Waals surface area (Å²) >= 11 is 5.07. The number of alkyl halides is 2. The summed E-state index contributed by atoms with van der Waals surface area (Å²) in [6, 6.07) is 12.7. The van der Waals surface area contributed by atoms with Crippen molar-refractivity contribution >= 4 is 23.2 Å². The van der Waals surface area contributed by atoms with Crippen LogP contribution >= 0.6 is 12.2 Å². The molecule has 0 aliphatic carbocycles. The monoisotopic (exact) mass is 366 g/mol. The number of carbonyl (C=O) groups excluding carboxylic acids is 1. The van der Waals surface area contributed by atoms with Crippen molar-refractivity contribution in [1.29, 1.82) is 0 Å². The summed E-state index contributed by atoms with van der Waals surface area (Å²) in [5.74, 6) is 0.381. The number of rotatable bonds is 6. The molecule has 5 nitrogen and oxygen atoms in total. The number of halogens is 2. The molecule has 1 amide bonds. The van der Waals surface area contributed by atoms with Crippen molar-refractivity contribution in [2.75, 3.05) is 7.11 Å². The van der Waals surface area contributed by atoms with E-state index in [2.05, 4.69) is 15.4 Å². The number of ether oxygens (including phenoxy) is 2. The van der Waals surface area contributed by atoms with Gasteiger partial charge in [-0.3, -0.25) is 10.1 Å². The molecule has 0 saturated carbocycles. The molecule has 2 aromatic rings. The van der Waals surface area contributed by atoms with Crippen molar-refractivity contribution in [2.24, 2.45) is 0 Å². The fourth-order valence-electron chi connectivity index (χ4n) is 1.93. The molecule has 0 fully saturated rings. The number of amides is 1. The number of methoxy groups -OCH3 is 1. The maximum atomic E-state index is 12.1. The molecule has 8 heteroatoms. The quantitative estimate of drug-likeness (QED) is 0.770. The number of hydrogen-bond donors (Lipinski definition) is 2. The number of benzene rings is 2. The SMILES string of the molecule is COc1ccc(C(=O)NC(=S)NCc2ccc(OC(F)F)cc2)cc1. The van der Waals surface area contributed by atoms with E-state index >= 15 is 0 Å². The molecule has 2 aromatic carbocycles. The third-order valence-corrected chi connectivity index (χ3v) is 3.43. The molecule has 0 atom stereocenters. The average molecular weight is 366 g/mol. The van der Waals surface area contributed by atoms with Crippen LogP contribution in [0.25, 0.3) is 0 Å². The standard InChI is InChI=1S/C17H16F2N2O3S/c1-23-13-8-4-12(5-9-13)15(22)21-17(25)20-10-11-2-6-14(7-3-11)24-16(18)19/h2-9,16H,10H2,1H3,(H2,20,21,22,25). The molecule has 0 saturated heterocycles. The third-order valence-electron chi connectivity index (χ3n) is 3.18. The molecular weight excluding hydrogens is 350 g/mol. The van der Waals surface area contributed by atoms with E-state index in [4.69, 9.17) is 17.0 Å². The van der Waals surface area contributed by atoms with Gasteiger partial charge < -0.3 is 14.8 Å². The van der Waals surface area contributed by atoms with E-state index < -0.39 is 6.61 Å². The second kappa shape index (κ2) is 8.93. The van der Waals surface area contributed by atoms with Gasteiger partial charge in [0.2, 0.25) is 0 Å². The predicted octanol–water partition coefficient (Wildman–Crippen LogP) is 3.10. The molecule has 2 N–H and O–H groups in total. The minimum Gasteiger partial charge on any atom is -0.497 e. The maximum Gasteiger partial charge on any atom is 0.387 e. The van der Waals surface area contributed by atoms with E-state index in [0.717, 1.165) is 5.56 Å². The van der Waals surface area contributed by atoms with Crippen LogP contribution in [0.3, 0.4) is 0 Å². The molecule has 0 aliphatic heterocycles. The summed E-state index contributed by atoms with van der Waals surface area (Å²) in [6.07, 6.45) is 0. The van der Waals surface area contributed by atoms with E-state index in [0.29, 0.717) is 17.9 Å². The first-order valence-electron chi connectivity index (χ1n) is 7.25. The summed E-state index contributed by atoms with van der Waals surface area (Å²) in [5, 5.41) is 5.59. The number of nitrogens with one attached hydrogen (secondary N) is 2. The zero-order valence-electron chi connectivity index (χ0n) is 13.3. The van der Waals surface area contributed by atoms with Crippen LogP contribution in [-0.2, 0) is 6.54 Å². The van der Waals surface area contributed by atoms with E-state index in [9.17, 15) is 13.6 Å². The van der Waals surface area contributed by atoms with Gasteiger partial charge in [0, 0.05) is 12.1 Å². The van der Waals surface area contributed by atoms with Gasteiger partial charge in [-0.2, -0.15) is 8.78 Å². The predicted molar refractivity (Wildman–Crippen MR) is 93.0 cm³/mol. The van der Waals surface area contributed by atoms with Crippen molar-refractivity contribution in [1.82, 2.24) is 10.6 Å². The number of carbonyl (C=O) groups is 1. The molecule has 25 heavy (non-hydrogen) atoms. The maximum absolute atomic E-state index is 12.1. The fourth-order valence-corrected chi connectivity index (χ4v) is 2.10. The van der Waals surface area contributed by atoms with Crippen LogP contribution in [0.15, 0.2) is 48.5 Å². The van der Waals surface area contributed by atoms with Crippen LogP contribution in [0.4, 0.5) is 8.78 Å². The Bertz CT molecular complexity index is 722. The van der Waals surface area contributed by atoms with Gasteiger partial charge in [0.25, 0.3) is 5.91 Å². The normalized spacial score (nSPS) is 10.2. The van der Waals surface area contributed by atoms with Gasteiger partial charge in [0.05, 0.1) is 7.11 Å². The molecule has 0 spiro atoms. The van der Waals surface area contributed by atoms with Crippen LogP contribution in [-0.4, -0.2) is 24.7 Å². The highest BCUT2D eigenvalue weighted by atomic mass is 32.1. The fraction of sp³-hybridized carbons (Fsp3) is 0.176. The van der Waals surface area contributed by atoms with Crippen LogP contribution in [0, 0.1) is 0 Å². The first kappa shape index (κ1) is 18.6. The Morgan fingerprint density at radius 3 is 2.24 bits per heavy atom. The molecular formula is C17H16F2N2O3S. The summed E-state index contributed by atoms with van der Waals surface area (Å²) in [4.78, 5) is 12.0. The summed E-state index contributed by atoms with van der Waals surface area (Å²) in [6.45, 7) is -2.53. The molecule has 0 bridgehead atoms. The Morgan fingerprint density at radius 2 is 1.68 bits per heavy atom. The Labute approximate surface area is 148 Å². The first-order valence-corrected chi connectivity index (χ1v) is 7.65. The largest absolute Gasteiger partial charge is 0.497 e. The Kier molecular flexibility index (Phi) is 6.64. The molecule has 0 aliphatic rings. The van der Waals surface area contributed by atoms with Crippen molar-refractivity contribution < 1.29 is 23.0 Å². The van der Waals surface area contributed by atoms with E-state index in [-0.39, 0.29) is 16.8 Å². The van der Waals surface area contributed by atoms with Gasteiger partial charge in [-0.05, 0) is 54.2 Å². The minimum absolute atomic E-state index is 0.0779. The second-order valence-corrected chi connectivity index (χ2v) is 5.30. The van der Waals surface area contributed by atoms with Gasteiger partial charge >= 0.3 is 6.61 Å². The molecule has 0 heterocycles. The van der Waals surface area contributed by atoms with Gasteiger partial charge in [0.1, 0.15) is 11.5 Å². The van der Waals surface area contributed by atoms with Crippen LogP contribution in [0.2, 0.25) is 0 Å². The van der Waals surface area contributed by atoms with Crippen molar-refractivity contribution in [2.45, 2.75) is 13.2 Å². The second-order valence-electron chi connectivity index (χ2n) is 4.89. The summed E-state index contributed by atoms with van der Waals surface area (Å²) in [5.41, 5.74) is 1.24. The zero-order valence-corrected chi connectivity index (χ0v) is 14.1. The smallest absolute Gasteiger partial charge is 0.387 e. The lowest BCUT2D eigenvalue weighted by atomic mass is 10.2. The van der Waals surface area contributed by atoms with Crippen LogP contribution in [0.1, 0.15) is 15.9 Å². The molecule has 0 unspecified atom stereocenters. The Hall–Kier alpha value is -2.74. The summed E-state index contributed by atoms with van der Waals surface area (Å²) < 4.78 is 33.5. The molecule has 132 valence electrons. The van der Waals surface area contributed by atoms with Crippen LogP contribution < -0.4 is 20.1 Å². The topological polar surface area (TPSA) is 59.6 Å². The zero-order chi connectivity index (χ0) is 18.2. The van der Waals surface area contributed by atoms with Gasteiger partial charge in [0.15, 0.2) is 5.11 Å². The average Bonchev–Trinajstić information content (AvgIpc) is 2.60. The molecule has 0 aromatic heterocycles. The van der Waals surface area contributed by atoms with Gasteiger partial charge in [-0.25, -0.2) is 0 Å². The molecule has 0 radical (unpaired) electrons. The lowest BCUT2D eigenvalue weighted by Crippen LogP contribution is -2.38. The molecule has 2 rings (SSSR count). The highest BCUT2D eigenvalue weighted by Crippen LogP contribution is 2.15. The van der Waals surface area contributed by atoms with E-state index in [1.807, 2.05) is 0 Å². The highest BCUT2D eigenvalue weighted by Gasteiger charge is 2.08. The van der Waals surface area contributed by atoms with Crippen LogP contribution in [0.5, 0.6) is 11.5 Å². The lowest BCUT2D eigenvalue weighted by molar-refractivity contribution is -0.0498. The Morgan fingerprint density at radius 1 is 1.08 bits per heavy atom. The van der Waals surface area contributed by atoms with Gasteiger partial charge in [-0.1, -0.05) is 12.1 Å². The third kappa shape index (κ3) is 6.00. The lowest BCUT2D eigenvalue weighted by Gasteiger charge is -2.10. The Balaban J connectivity index is 1.82. The van der Waals surface area contributed by atoms with Crippen molar-refractivity contribution in [3.05, 3.63) is 59.7 Å². The van der Waals surface area contributed by atoms with Crippen molar-refractivity contribution in [3.63, 3.8) is 0 Å². The number of hydrogen-bond acceptors (Lipinski definition) is 4. The van der Waals surface area contributed by atoms with Gasteiger partial charge in [-0.15, -0.1) is 0 Å². The first-order chi connectivity index (χ1) is 12.0. The van der Waals surface area contributed by atoms with E-state index in [1.165, 1.54) is 12.1 Å². The van der Waals surface area contributed by atoms with E-state index in [1.54, 1.807) is 43.5 Å². The van der Waals surface area contributed by atoms with Crippen molar-refractivity contribution in [3.8, 4) is 11.5 Å².